The van der Waals surface area contributed by atoms with Crippen LogP contribution in [0.5, 0.6) is 11.5 Å². The zero-order valence-electron chi connectivity index (χ0n) is 14.6. The molecule has 1 heterocycles. The molecule has 0 aliphatic carbocycles. The third kappa shape index (κ3) is 3.54. The predicted octanol–water partition coefficient (Wildman–Crippen LogP) is 4.49. The van der Waals surface area contributed by atoms with Crippen LogP contribution in [0.4, 0.5) is 0 Å². The summed E-state index contributed by atoms with van der Waals surface area (Å²) in [7, 11) is -0.486. The maximum Gasteiger partial charge on any atom is 0.231 e. The first kappa shape index (κ1) is 17.0. The minimum Gasteiger partial charge on any atom is -0.454 e. The molecule has 0 spiro atoms. The van der Waals surface area contributed by atoms with Crippen molar-refractivity contribution < 1.29 is 9.47 Å². The molecule has 4 heteroatoms. The molecule has 0 saturated carbocycles. The third-order valence-corrected chi connectivity index (χ3v) is 10.6. The topological polar surface area (TPSA) is 18.5 Å². The zero-order chi connectivity index (χ0) is 16.0. The maximum absolute atomic E-state index is 5.62. The summed E-state index contributed by atoms with van der Waals surface area (Å²) in [6.07, 6.45) is 0. The molecule has 0 saturated heterocycles. The molecule has 0 fully saturated rings. The first-order valence-corrected chi connectivity index (χ1v) is 11.0. The van der Waals surface area contributed by atoms with Gasteiger partial charge in [0.15, 0.2) is 11.5 Å². The lowest BCUT2D eigenvalue weighted by Gasteiger charge is -2.35. The lowest BCUT2D eigenvalue weighted by molar-refractivity contribution is 0.174. The van der Waals surface area contributed by atoms with Crippen LogP contribution in [0.2, 0.25) is 0 Å². The summed E-state index contributed by atoms with van der Waals surface area (Å²) in [6, 6.07) is 4.50. The molecular formula is C17H28O2P2. The van der Waals surface area contributed by atoms with E-state index in [1.54, 1.807) is 0 Å². The third-order valence-electron chi connectivity index (χ3n) is 4.20. The Labute approximate surface area is 132 Å². The van der Waals surface area contributed by atoms with Crippen molar-refractivity contribution in [2.24, 2.45) is 0 Å². The summed E-state index contributed by atoms with van der Waals surface area (Å²) in [5.74, 6) is 1.84. The quantitative estimate of drug-likeness (QED) is 0.746. The second-order valence-electron chi connectivity index (χ2n) is 7.65. The van der Waals surface area contributed by atoms with Crippen LogP contribution in [0, 0.1) is 0 Å². The number of rotatable bonds is 2. The van der Waals surface area contributed by atoms with Crippen molar-refractivity contribution in [2.75, 3.05) is 20.1 Å². The molecule has 0 unspecified atom stereocenters. The van der Waals surface area contributed by atoms with Crippen LogP contribution in [0.3, 0.4) is 0 Å². The molecule has 0 N–H and O–H groups in total. The van der Waals surface area contributed by atoms with Crippen molar-refractivity contribution in [2.45, 2.75) is 51.9 Å². The van der Waals surface area contributed by atoms with Crippen LogP contribution < -0.4 is 20.1 Å². The van der Waals surface area contributed by atoms with Gasteiger partial charge in [0.25, 0.3) is 0 Å². The smallest absolute Gasteiger partial charge is 0.231 e. The van der Waals surface area contributed by atoms with Crippen molar-refractivity contribution in [1.29, 1.82) is 0 Å². The Bertz CT molecular complexity index is 480. The first-order chi connectivity index (χ1) is 9.51. The minimum atomic E-state index is -0.243. The van der Waals surface area contributed by atoms with Crippen molar-refractivity contribution in [3.63, 3.8) is 0 Å². The number of hydrogen-bond donors (Lipinski definition) is 0. The fourth-order valence-electron chi connectivity index (χ4n) is 2.18. The normalized spacial score (nSPS) is 17.7. The summed E-state index contributed by atoms with van der Waals surface area (Å²) in [6.45, 7) is 19.1. The van der Waals surface area contributed by atoms with Crippen LogP contribution in [0.15, 0.2) is 12.1 Å². The van der Waals surface area contributed by atoms with E-state index in [0.29, 0.717) is 17.1 Å². The highest BCUT2D eigenvalue weighted by molar-refractivity contribution is 7.72. The molecule has 21 heavy (non-hydrogen) atoms. The Morgan fingerprint density at radius 1 is 0.762 bits per heavy atom. The average Bonchev–Trinajstić information content (AvgIpc) is 2.80. The van der Waals surface area contributed by atoms with E-state index in [1.165, 1.54) is 10.6 Å². The first-order valence-electron chi connectivity index (χ1n) is 7.43. The monoisotopic (exact) mass is 326 g/mol. The van der Waals surface area contributed by atoms with E-state index >= 15 is 0 Å². The van der Waals surface area contributed by atoms with E-state index in [2.05, 4.69) is 67.0 Å². The highest BCUT2D eigenvalue weighted by Gasteiger charge is 2.31. The second kappa shape index (κ2) is 5.71. The van der Waals surface area contributed by atoms with Gasteiger partial charge in [0.2, 0.25) is 6.79 Å². The van der Waals surface area contributed by atoms with Gasteiger partial charge in [-0.3, -0.25) is 0 Å². The van der Waals surface area contributed by atoms with Crippen LogP contribution in [-0.2, 0) is 0 Å². The highest BCUT2D eigenvalue weighted by Crippen LogP contribution is 2.51. The zero-order valence-corrected chi connectivity index (χ0v) is 16.4. The van der Waals surface area contributed by atoms with Gasteiger partial charge in [-0.1, -0.05) is 57.4 Å². The van der Waals surface area contributed by atoms with E-state index < -0.39 is 0 Å². The molecule has 1 aliphatic heterocycles. The van der Waals surface area contributed by atoms with Crippen LogP contribution in [0.1, 0.15) is 41.5 Å². The largest absolute Gasteiger partial charge is 0.454 e. The Balaban J connectivity index is 2.57. The lowest BCUT2D eigenvalue weighted by Crippen LogP contribution is -2.32. The van der Waals surface area contributed by atoms with Gasteiger partial charge in [0, 0.05) is 0 Å². The molecule has 118 valence electrons. The lowest BCUT2D eigenvalue weighted by atomic mass is 10.2. The van der Waals surface area contributed by atoms with E-state index in [0.717, 1.165) is 11.5 Å². The molecule has 0 amide bonds. The Hall–Kier alpha value is -0.320. The van der Waals surface area contributed by atoms with E-state index in [9.17, 15) is 0 Å². The second-order valence-corrected chi connectivity index (χ2v) is 13.5. The Kier molecular flexibility index (Phi) is 4.63. The van der Waals surface area contributed by atoms with Gasteiger partial charge < -0.3 is 9.47 Å². The number of ether oxygens (including phenoxy) is 2. The molecule has 1 aromatic rings. The van der Waals surface area contributed by atoms with Crippen molar-refractivity contribution >= 4 is 26.5 Å². The fraction of sp³-hybridized carbons (Fsp3) is 0.647. The molecule has 0 bridgehead atoms. The molecule has 0 aromatic heterocycles. The van der Waals surface area contributed by atoms with Gasteiger partial charge in [0.1, 0.15) is 0 Å². The average molecular weight is 326 g/mol. The molecule has 2 rings (SSSR count). The maximum atomic E-state index is 5.62. The summed E-state index contributed by atoms with van der Waals surface area (Å²) >= 11 is 0. The molecule has 1 aliphatic rings. The molecule has 2 nitrogen and oxygen atoms in total. The standard InChI is InChI=1S/C17H28O2P2/c1-16(2,3)20(7)14-9-12-13(19-11-18-12)10-15(14)21(8)17(4,5)6/h9-10H,11H2,1-8H3/t20-,21-/m0/s1. The highest BCUT2D eigenvalue weighted by atomic mass is 31.1. The molecule has 1 aromatic carbocycles. The summed E-state index contributed by atoms with van der Waals surface area (Å²) in [5, 5.41) is 3.58. The van der Waals surface area contributed by atoms with Crippen LogP contribution in [-0.4, -0.2) is 30.4 Å². The van der Waals surface area contributed by atoms with Crippen molar-refractivity contribution in [3.05, 3.63) is 12.1 Å². The van der Waals surface area contributed by atoms with Gasteiger partial charge in [-0.25, -0.2) is 0 Å². The van der Waals surface area contributed by atoms with Crippen LogP contribution in [0.25, 0.3) is 0 Å². The van der Waals surface area contributed by atoms with Gasteiger partial charge in [-0.2, -0.15) is 0 Å². The summed E-state index contributed by atoms with van der Waals surface area (Å²) < 4.78 is 11.2. The predicted molar refractivity (Wildman–Crippen MR) is 97.0 cm³/mol. The molecular weight excluding hydrogens is 298 g/mol. The molecule has 2 atom stereocenters. The van der Waals surface area contributed by atoms with E-state index in [4.69, 9.17) is 9.47 Å². The summed E-state index contributed by atoms with van der Waals surface area (Å²) in [4.78, 5) is 0. The fourth-order valence-corrected chi connectivity index (χ4v) is 5.96. The van der Waals surface area contributed by atoms with E-state index in [-0.39, 0.29) is 15.8 Å². The Morgan fingerprint density at radius 2 is 1.10 bits per heavy atom. The number of hydrogen-bond acceptors (Lipinski definition) is 2. The van der Waals surface area contributed by atoms with Crippen molar-refractivity contribution in [1.82, 2.24) is 0 Å². The Morgan fingerprint density at radius 3 is 1.38 bits per heavy atom. The van der Waals surface area contributed by atoms with Crippen molar-refractivity contribution in [3.8, 4) is 11.5 Å². The van der Waals surface area contributed by atoms with Gasteiger partial charge in [0.05, 0.1) is 0 Å². The van der Waals surface area contributed by atoms with E-state index in [1.807, 2.05) is 0 Å². The SMILES string of the molecule is C[P@@](c1cc2c(cc1[P@](C)C(C)(C)C)OCO2)C(C)(C)C. The number of benzene rings is 1. The minimum absolute atomic E-state index is 0.243. The van der Waals surface area contributed by atoms with Gasteiger partial charge >= 0.3 is 0 Å². The number of fused-ring (bicyclic) bond motifs is 1. The summed E-state index contributed by atoms with van der Waals surface area (Å²) in [5.41, 5.74) is 0. The van der Waals surface area contributed by atoms with Crippen LogP contribution >= 0.6 is 15.8 Å². The molecule has 0 radical (unpaired) electrons. The van der Waals surface area contributed by atoms with Gasteiger partial charge in [-0.05, 0) is 46.4 Å². The van der Waals surface area contributed by atoms with Gasteiger partial charge in [-0.15, -0.1) is 0 Å².